The van der Waals surface area contributed by atoms with Crippen LogP contribution in [0.4, 0.5) is 0 Å². The van der Waals surface area contributed by atoms with Gasteiger partial charge in [-0.15, -0.1) is 0 Å². The minimum Gasteiger partial charge on any atom is -0.634 e. The predicted molar refractivity (Wildman–Crippen MR) is 38.4 cm³/mol. The molecular weight excluding hydrogens is 126 g/mol. The SMILES string of the molecule is [O-][NH+]1CC1c1ccccc1. The Morgan fingerprint density at radius 3 is 2.40 bits per heavy atom. The summed E-state index contributed by atoms with van der Waals surface area (Å²) in [5.74, 6) is 0. The standard InChI is InChI=1S/C8H9NO/c10-9-6-8(9)7-4-2-1-3-5-7/h1-5,8-9H,6H2. The minimum atomic E-state index is 0.237. The molecule has 0 amide bonds. The van der Waals surface area contributed by atoms with Gasteiger partial charge in [-0.05, 0) is 0 Å². The zero-order valence-electron chi connectivity index (χ0n) is 5.58. The molecule has 1 aromatic carbocycles. The van der Waals surface area contributed by atoms with E-state index in [-0.39, 0.29) is 6.04 Å². The van der Waals surface area contributed by atoms with E-state index in [1.807, 2.05) is 30.3 Å². The number of hydrogen-bond acceptors (Lipinski definition) is 1. The van der Waals surface area contributed by atoms with Gasteiger partial charge in [0.25, 0.3) is 0 Å². The third-order valence-electron chi connectivity index (χ3n) is 1.84. The zero-order chi connectivity index (χ0) is 6.97. The van der Waals surface area contributed by atoms with E-state index in [1.54, 1.807) is 0 Å². The molecule has 52 valence electrons. The molecule has 10 heavy (non-hydrogen) atoms. The van der Waals surface area contributed by atoms with Crippen LogP contribution in [-0.4, -0.2) is 6.54 Å². The lowest BCUT2D eigenvalue weighted by Crippen LogP contribution is -2.85. The van der Waals surface area contributed by atoms with Crippen LogP contribution in [0, 0.1) is 5.21 Å². The number of hydroxylamine groups is 2. The van der Waals surface area contributed by atoms with Crippen LogP contribution in [-0.2, 0) is 0 Å². The van der Waals surface area contributed by atoms with Crippen LogP contribution in [0.15, 0.2) is 30.3 Å². The monoisotopic (exact) mass is 135 g/mol. The second-order valence-corrected chi connectivity index (χ2v) is 2.63. The van der Waals surface area contributed by atoms with Gasteiger partial charge in [-0.1, -0.05) is 30.3 Å². The highest BCUT2D eigenvalue weighted by Crippen LogP contribution is 2.13. The molecule has 0 aliphatic carbocycles. The average Bonchev–Trinajstić information content (AvgIpc) is 2.69. The molecule has 1 fully saturated rings. The van der Waals surface area contributed by atoms with Crippen LogP contribution in [0.1, 0.15) is 11.6 Å². The molecule has 2 atom stereocenters. The topological polar surface area (TPSA) is 27.5 Å². The largest absolute Gasteiger partial charge is 0.634 e. The molecule has 2 rings (SSSR count). The molecule has 2 nitrogen and oxygen atoms in total. The van der Waals surface area contributed by atoms with E-state index in [1.165, 1.54) is 5.56 Å². The van der Waals surface area contributed by atoms with Crippen molar-refractivity contribution in [2.75, 3.05) is 6.54 Å². The fourth-order valence-corrected chi connectivity index (χ4v) is 1.13. The number of nitrogens with one attached hydrogen (secondary N) is 1. The van der Waals surface area contributed by atoms with Crippen molar-refractivity contribution in [2.24, 2.45) is 0 Å². The molecule has 1 aliphatic heterocycles. The summed E-state index contributed by atoms with van der Waals surface area (Å²) in [5.41, 5.74) is 1.17. The fourth-order valence-electron chi connectivity index (χ4n) is 1.13. The highest BCUT2D eigenvalue weighted by molar-refractivity contribution is 5.19. The summed E-state index contributed by atoms with van der Waals surface area (Å²) in [5, 5.41) is 11.1. The van der Waals surface area contributed by atoms with E-state index in [9.17, 15) is 5.21 Å². The first-order valence-electron chi connectivity index (χ1n) is 3.45. The Morgan fingerprint density at radius 1 is 1.30 bits per heavy atom. The summed E-state index contributed by atoms with van der Waals surface area (Å²) in [7, 11) is 0. The van der Waals surface area contributed by atoms with Gasteiger partial charge in [-0.25, -0.2) is 0 Å². The molecule has 2 unspecified atom stereocenters. The molecule has 1 aliphatic rings. The number of rotatable bonds is 1. The van der Waals surface area contributed by atoms with Gasteiger partial charge in [0, 0.05) is 5.56 Å². The van der Waals surface area contributed by atoms with E-state index >= 15 is 0 Å². The summed E-state index contributed by atoms with van der Waals surface area (Å²) in [6.07, 6.45) is 0. The van der Waals surface area contributed by atoms with Crippen LogP contribution in [0.25, 0.3) is 0 Å². The Kier molecular flexibility index (Phi) is 1.22. The second kappa shape index (κ2) is 2.08. The minimum absolute atomic E-state index is 0.237. The molecule has 2 heteroatoms. The summed E-state index contributed by atoms with van der Waals surface area (Å²) in [6.45, 7) is 0.754. The number of hydrogen-bond donors (Lipinski definition) is 1. The molecular formula is C8H9NO. The zero-order valence-corrected chi connectivity index (χ0v) is 5.58. The van der Waals surface area contributed by atoms with Crippen molar-refractivity contribution in [3.63, 3.8) is 0 Å². The highest BCUT2D eigenvalue weighted by Gasteiger charge is 2.34. The smallest absolute Gasteiger partial charge is 0.163 e. The maximum atomic E-state index is 10.7. The van der Waals surface area contributed by atoms with Gasteiger partial charge in [0.15, 0.2) is 6.04 Å². The Labute approximate surface area is 59.7 Å². The quantitative estimate of drug-likeness (QED) is 0.430. The van der Waals surface area contributed by atoms with E-state index in [2.05, 4.69) is 0 Å². The van der Waals surface area contributed by atoms with Gasteiger partial charge in [-0.3, -0.25) is 0 Å². The molecule has 0 bridgehead atoms. The summed E-state index contributed by atoms with van der Waals surface area (Å²) >= 11 is 0. The molecule has 0 aromatic heterocycles. The Bertz CT molecular complexity index is 222. The lowest BCUT2D eigenvalue weighted by Gasteiger charge is -1.98. The Balaban J connectivity index is 2.20. The molecule has 0 spiro atoms. The van der Waals surface area contributed by atoms with Gasteiger partial charge < -0.3 is 10.3 Å². The van der Waals surface area contributed by atoms with Crippen molar-refractivity contribution < 1.29 is 5.06 Å². The summed E-state index contributed by atoms with van der Waals surface area (Å²) < 4.78 is 0. The van der Waals surface area contributed by atoms with Gasteiger partial charge in [0.2, 0.25) is 0 Å². The Morgan fingerprint density at radius 2 is 1.90 bits per heavy atom. The molecule has 0 radical (unpaired) electrons. The van der Waals surface area contributed by atoms with Crippen molar-refractivity contribution in [3.05, 3.63) is 41.1 Å². The van der Waals surface area contributed by atoms with Crippen LogP contribution in [0.5, 0.6) is 0 Å². The first-order valence-corrected chi connectivity index (χ1v) is 3.45. The van der Waals surface area contributed by atoms with Crippen molar-refractivity contribution in [2.45, 2.75) is 6.04 Å². The molecule has 0 saturated carbocycles. The lowest BCUT2D eigenvalue weighted by atomic mass is 10.2. The first kappa shape index (κ1) is 5.89. The average molecular weight is 135 g/mol. The van der Waals surface area contributed by atoms with Crippen LogP contribution in [0.2, 0.25) is 0 Å². The lowest BCUT2D eigenvalue weighted by molar-refractivity contribution is -0.717. The van der Waals surface area contributed by atoms with Crippen molar-refractivity contribution >= 4 is 0 Å². The van der Waals surface area contributed by atoms with Crippen molar-refractivity contribution in [1.82, 2.24) is 0 Å². The van der Waals surface area contributed by atoms with Crippen LogP contribution >= 0.6 is 0 Å². The van der Waals surface area contributed by atoms with Crippen LogP contribution < -0.4 is 5.06 Å². The van der Waals surface area contributed by atoms with Gasteiger partial charge in [0.05, 0.1) is 0 Å². The summed E-state index contributed by atoms with van der Waals surface area (Å²) in [6, 6.07) is 10.2. The third kappa shape index (κ3) is 0.916. The van der Waals surface area contributed by atoms with Gasteiger partial charge in [0.1, 0.15) is 6.54 Å². The summed E-state index contributed by atoms with van der Waals surface area (Å²) in [4.78, 5) is 0. The number of quaternary nitrogens is 1. The van der Waals surface area contributed by atoms with Crippen LogP contribution in [0.3, 0.4) is 0 Å². The van der Waals surface area contributed by atoms with Gasteiger partial charge >= 0.3 is 0 Å². The maximum absolute atomic E-state index is 10.7. The molecule has 1 N–H and O–H groups in total. The predicted octanol–water partition coefficient (Wildman–Crippen LogP) is 0.124. The Hall–Kier alpha value is -0.860. The third-order valence-corrected chi connectivity index (χ3v) is 1.84. The highest BCUT2D eigenvalue weighted by atomic mass is 16.5. The maximum Gasteiger partial charge on any atom is 0.163 e. The molecule has 1 saturated heterocycles. The van der Waals surface area contributed by atoms with E-state index < -0.39 is 0 Å². The first-order chi connectivity index (χ1) is 4.88. The normalized spacial score (nSPS) is 30.1. The second-order valence-electron chi connectivity index (χ2n) is 2.63. The molecule has 1 heterocycles. The van der Waals surface area contributed by atoms with E-state index in [0.29, 0.717) is 5.06 Å². The van der Waals surface area contributed by atoms with E-state index in [4.69, 9.17) is 0 Å². The van der Waals surface area contributed by atoms with Gasteiger partial charge in [-0.2, -0.15) is 0 Å². The van der Waals surface area contributed by atoms with Crippen molar-refractivity contribution in [1.29, 1.82) is 0 Å². The molecule has 1 aromatic rings. The van der Waals surface area contributed by atoms with E-state index in [0.717, 1.165) is 6.54 Å². The van der Waals surface area contributed by atoms with Crippen molar-refractivity contribution in [3.8, 4) is 0 Å². The fraction of sp³-hybridized carbons (Fsp3) is 0.250. The number of benzene rings is 1.